The largest absolute Gasteiger partial charge is 0.373 e. The number of Topliss-reactive ketones (excluding diaryl/α,β-unsaturated/α-hetero) is 1. The Morgan fingerprint density at radius 2 is 2.36 bits per heavy atom. The fourth-order valence-corrected chi connectivity index (χ4v) is 1.50. The molecule has 1 aliphatic heterocycles. The lowest BCUT2D eigenvalue weighted by Crippen LogP contribution is -2.19. The van der Waals surface area contributed by atoms with Crippen LogP contribution in [0, 0.1) is 5.82 Å². The summed E-state index contributed by atoms with van der Waals surface area (Å²) in [5, 5.41) is 0. The Balaban J connectivity index is 2.17. The Labute approximate surface area is 80.9 Å². The zero-order valence-corrected chi connectivity index (χ0v) is 7.57. The van der Waals surface area contributed by atoms with Crippen molar-refractivity contribution < 1.29 is 13.9 Å². The third-order valence-electron chi connectivity index (χ3n) is 2.21. The molecule has 0 spiro atoms. The van der Waals surface area contributed by atoms with Gasteiger partial charge >= 0.3 is 0 Å². The normalized spacial score (nSPS) is 22.4. The SMILES string of the molecule is O=C1CCOC(c2cncc(F)c2)C1. The van der Waals surface area contributed by atoms with Gasteiger partial charge in [-0.1, -0.05) is 0 Å². The van der Waals surface area contributed by atoms with Crippen molar-refractivity contribution in [3.05, 3.63) is 29.8 Å². The first-order chi connectivity index (χ1) is 6.75. The molecule has 1 fully saturated rings. The number of ketones is 1. The van der Waals surface area contributed by atoms with Gasteiger partial charge in [0.2, 0.25) is 0 Å². The number of halogens is 1. The Kier molecular flexibility index (Phi) is 2.54. The van der Waals surface area contributed by atoms with Gasteiger partial charge in [-0.25, -0.2) is 4.39 Å². The van der Waals surface area contributed by atoms with Gasteiger partial charge < -0.3 is 4.74 Å². The van der Waals surface area contributed by atoms with E-state index in [9.17, 15) is 9.18 Å². The molecule has 1 unspecified atom stereocenters. The van der Waals surface area contributed by atoms with Crippen LogP contribution in [0.25, 0.3) is 0 Å². The number of carbonyl (C=O) groups excluding carboxylic acids is 1. The maximum absolute atomic E-state index is 12.8. The summed E-state index contributed by atoms with van der Waals surface area (Å²) in [6, 6.07) is 1.36. The molecule has 1 saturated heterocycles. The van der Waals surface area contributed by atoms with Crippen molar-refractivity contribution in [2.45, 2.75) is 18.9 Å². The average Bonchev–Trinajstić information content (AvgIpc) is 2.18. The van der Waals surface area contributed by atoms with Crippen molar-refractivity contribution in [1.82, 2.24) is 4.98 Å². The molecule has 2 rings (SSSR count). The quantitative estimate of drug-likeness (QED) is 0.683. The van der Waals surface area contributed by atoms with Crippen molar-refractivity contribution in [2.75, 3.05) is 6.61 Å². The molecule has 0 N–H and O–H groups in total. The van der Waals surface area contributed by atoms with Gasteiger partial charge in [-0.2, -0.15) is 0 Å². The number of pyridine rings is 1. The summed E-state index contributed by atoms with van der Waals surface area (Å²) < 4.78 is 18.2. The molecule has 0 amide bonds. The second-order valence-electron chi connectivity index (χ2n) is 3.29. The Bertz CT molecular complexity index is 354. The number of aromatic nitrogens is 1. The van der Waals surface area contributed by atoms with Crippen LogP contribution in [0.1, 0.15) is 24.5 Å². The number of hydrogen-bond acceptors (Lipinski definition) is 3. The third-order valence-corrected chi connectivity index (χ3v) is 2.21. The van der Waals surface area contributed by atoms with Gasteiger partial charge in [-0.05, 0) is 6.07 Å². The molecule has 3 nitrogen and oxygen atoms in total. The standard InChI is InChI=1S/C10H10FNO2/c11-8-3-7(5-12-6-8)10-4-9(13)1-2-14-10/h3,5-6,10H,1-2,4H2. The monoisotopic (exact) mass is 195 g/mol. The van der Waals surface area contributed by atoms with Crippen molar-refractivity contribution >= 4 is 5.78 Å². The fraction of sp³-hybridized carbons (Fsp3) is 0.400. The average molecular weight is 195 g/mol. The van der Waals surface area contributed by atoms with Crippen LogP contribution in [0.5, 0.6) is 0 Å². The highest BCUT2D eigenvalue weighted by Gasteiger charge is 2.21. The maximum atomic E-state index is 12.8. The highest BCUT2D eigenvalue weighted by atomic mass is 19.1. The molecule has 4 heteroatoms. The van der Waals surface area contributed by atoms with Gasteiger partial charge in [0.1, 0.15) is 11.6 Å². The predicted molar refractivity (Wildman–Crippen MR) is 47.1 cm³/mol. The zero-order valence-electron chi connectivity index (χ0n) is 7.57. The van der Waals surface area contributed by atoms with E-state index in [0.717, 1.165) is 6.20 Å². The summed E-state index contributed by atoms with van der Waals surface area (Å²) in [6.07, 6.45) is 3.13. The lowest BCUT2D eigenvalue weighted by atomic mass is 10.0. The topological polar surface area (TPSA) is 39.2 Å². The minimum atomic E-state index is -0.399. The van der Waals surface area contributed by atoms with Crippen LogP contribution >= 0.6 is 0 Å². The van der Waals surface area contributed by atoms with Gasteiger partial charge in [0.25, 0.3) is 0 Å². The fourth-order valence-electron chi connectivity index (χ4n) is 1.50. The van der Waals surface area contributed by atoms with Crippen molar-refractivity contribution in [1.29, 1.82) is 0 Å². The van der Waals surface area contributed by atoms with Gasteiger partial charge in [0, 0.05) is 24.6 Å². The Morgan fingerprint density at radius 1 is 1.50 bits per heavy atom. The number of carbonyl (C=O) groups is 1. The molecule has 1 atom stereocenters. The van der Waals surface area contributed by atoms with Crippen LogP contribution in [0.3, 0.4) is 0 Å². The van der Waals surface area contributed by atoms with Crippen LogP contribution < -0.4 is 0 Å². The molecule has 0 aliphatic carbocycles. The van der Waals surface area contributed by atoms with E-state index in [2.05, 4.69) is 4.98 Å². The molecule has 14 heavy (non-hydrogen) atoms. The number of hydrogen-bond donors (Lipinski definition) is 0. The highest BCUT2D eigenvalue weighted by Crippen LogP contribution is 2.25. The number of nitrogens with zero attached hydrogens (tertiary/aromatic N) is 1. The Morgan fingerprint density at radius 3 is 3.07 bits per heavy atom. The molecule has 2 heterocycles. The zero-order chi connectivity index (χ0) is 9.97. The summed E-state index contributed by atoms with van der Waals surface area (Å²) >= 11 is 0. The lowest BCUT2D eigenvalue weighted by molar-refractivity contribution is -0.128. The van der Waals surface area contributed by atoms with Crippen LogP contribution in [0.15, 0.2) is 18.5 Å². The molecule has 0 aromatic carbocycles. The summed E-state index contributed by atoms with van der Waals surface area (Å²) in [5.41, 5.74) is 0.637. The molecule has 0 bridgehead atoms. The first kappa shape index (κ1) is 9.27. The van der Waals surface area contributed by atoms with Gasteiger partial charge in [-0.15, -0.1) is 0 Å². The second kappa shape index (κ2) is 3.84. The van der Waals surface area contributed by atoms with Crippen molar-refractivity contribution in [3.63, 3.8) is 0 Å². The van der Waals surface area contributed by atoms with Gasteiger partial charge in [0.15, 0.2) is 0 Å². The minimum Gasteiger partial charge on any atom is -0.373 e. The molecule has 1 aromatic heterocycles. The predicted octanol–water partition coefficient (Wildman–Crippen LogP) is 1.64. The van der Waals surface area contributed by atoms with Crippen LogP contribution in [-0.4, -0.2) is 17.4 Å². The minimum absolute atomic E-state index is 0.158. The number of ether oxygens (including phenoxy) is 1. The molecule has 0 saturated carbocycles. The van der Waals surface area contributed by atoms with E-state index in [1.807, 2.05) is 0 Å². The summed E-state index contributed by atoms with van der Waals surface area (Å²) in [7, 11) is 0. The molecule has 1 aromatic rings. The van der Waals surface area contributed by atoms with E-state index in [4.69, 9.17) is 4.74 Å². The van der Waals surface area contributed by atoms with E-state index in [1.165, 1.54) is 12.3 Å². The van der Waals surface area contributed by atoms with Crippen molar-refractivity contribution in [3.8, 4) is 0 Å². The van der Waals surface area contributed by atoms with E-state index in [-0.39, 0.29) is 11.9 Å². The smallest absolute Gasteiger partial charge is 0.141 e. The van der Waals surface area contributed by atoms with Crippen LogP contribution in [-0.2, 0) is 9.53 Å². The lowest BCUT2D eigenvalue weighted by Gasteiger charge is -2.21. The van der Waals surface area contributed by atoms with Crippen molar-refractivity contribution in [2.24, 2.45) is 0 Å². The summed E-state index contributed by atoms with van der Waals surface area (Å²) in [5.74, 6) is -0.241. The van der Waals surface area contributed by atoms with E-state index in [0.29, 0.717) is 25.0 Å². The highest BCUT2D eigenvalue weighted by molar-refractivity contribution is 5.79. The Hall–Kier alpha value is -1.29. The molecule has 1 aliphatic rings. The number of rotatable bonds is 1. The van der Waals surface area contributed by atoms with Crippen LogP contribution in [0.2, 0.25) is 0 Å². The maximum Gasteiger partial charge on any atom is 0.141 e. The van der Waals surface area contributed by atoms with Gasteiger partial charge in [0.05, 0.1) is 18.9 Å². The summed E-state index contributed by atoms with van der Waals surface area (Å²) in [4.78, 5) is 14.9. The van der Waals surface area contributed by atoms with Crippen LogP contribution in [0.4, 0.5) is 4.39 Å². The second-order valence-corrected chi connectivity index (χ2v) is 3.29. The summed E-state index contributed by atoms with van der Waals surface area (Å²) in [6.45, 7) is 0.417. The molecular weight excluding hydrogens is 185 g/mol. The van der Waals surface area contributed by atoms with Gasteiger partial charge in [-0.3, -0.25) is 9.78 Å². The molecular formula is C10H10FNO2. The van der Waals surface area contributed by atoms with E-state index < -0.39 is 5.82 Å². The first-order valence-corrected chi connectivity index (χ1v) is 4.49. The van der Waals surface area contributed by atoms with E-state index in [1.54, 1.807) is 0 Å². The molecule has 74 valence electrons. The third kappa shape index (κ3) is 1.96. The van der Waals surface area contributed by atoms with E-state index >= 15 is 0 Å². The molecule has 0 radical (unpaired) electrons. The first-order valence-electron chi connectivity index (χ1n) is 4.49.